The SMILES string of the molecule is C/C(=N/Nc1nc(-c2ccccc2)cs1)c1cc(C)oc1C. The summed E-state index contributed by atoms with van der Waals surface area (Å²) in [6.07, 6.45) is 0. The quantitative estimate of drug-likeness (QED) is 0.553. The van der Waals surface area contributed by atoms with Gasteiger partial charge in [0.25, 0.3) is 0 Å². The van der Waals surface area contributed by atoms with Gasteiger partial charge in [-0.25, -0.2) is 4.98 Å². The van der Waals surface area contributed by atoms with Gasteiger partial charge in [-0.1, -0.05) is 30.3 Å². The first kappa shape index (κ1) is 14.5. The maximum absolute atomic E-state index is 5.53. The number of anilines is 1. The van der Waals surface area contributed by atoms with E-state index in [2.05, 4.69) is 15.5 Å². The molecule has 3 rings (SSSR count). The minimum atomic E-state index is 0.774. The Kier molecular flexibility index (Phi) is 4.06. The summed E-state index contributed by atoms with van der Waals surface area (Å²) in [6.45, 7) is 5.83. The van der Waals surface area contributed by atoms with E-state index in [1.54, 1.807) is 0 Å². The van der Waals surface area contributed by atoms with Crippen molar-refractivity contribution >= 4 is 22.2 Å². The van der Waals surface area contributed by atoms with Gasteiger partial charge in [0.2, 0.25) is 5.13 Å². The Morgan fingerprint density at radius 2 is 2.00 bits per heavy atom. The Morgan fingerprint density at radius 3 is 2.68 bits per heavy atom. The van der Waals surface area contributed by atoms with Gasteiger partial charge in [-0.3, -0.25) is 5.43 Å². The van der Waals surface area contributed by atoms with Crippen molar-refractivity contribution in [2.75, 3.05) is 5.43 Å². The number of hydrazone groups is 1. The lowest BCUT2D eigenvalue weighted by Gasteiger charge is -1.99. The molecule has 0 aliphatic rings. The number of hydrogen-bond donors (Lipinski definition) is 1. The van der Waals surface area contributed by atoms with E-state index in [0.717, 1.165) is 39.2 Å². The molecule has 0 amide bonds. The fourth-order valence-corrected chi connectivity index (χ4v) is 2.91. The van der Waals surface area contributed by atoms with Crippen LogP contribution in [-0.4, -0.2) is 10.7 Å². The van der Waals surface area contributed by atoms with Gasteiger partial charge in [0.05, 0.1) is 11.4 Å². The molecular formula is C17H17N3OS. The Hall–Kier alpha value is -2.40. The molecule has 0 saturated heterocycles. The normalized spacial score (nSPS) is 11.7. The zero-order chi connectivity index (χ0) is 15.5. The number of rotatable bonds is 4. The number of furan rings is 1. The maximum atomic E-state index is 5.53. The number of aryl methyl sites for hydroxylation is 2. The average molecular weight is 311 g/mol. The van der Waals surface area contributed by atoms with E-state index >= 15 is 0 Å². The first-order valence-corrected chi connectivity index (χ1v) is 7.90. The van der Waals surface area contributed by atoms with Crippen LogP contribution in [0.2, 0.25) is 0 Å². The summed E-state index contributed by atoms with van der Waals surface area (Å²) < 4.78 is 5.53. The molecule has 0 aliphatic heterocycles. The summed E-state index contributed by atoms with van der Waals surface area (Å²) in [4.78, 5) is 4.55. The molecule has 3 aromatic rings. The number of hydrogen-bond acceptors (Lipinski definition) is 5. The van der Waals surface area contributed by atoms with Crippen LogP contribution in [0.25, 0.3) is 11.3 Å². The second-order valence-corrected chi connectivity index (χ2v) is 5.90. The molecule has 0 unspecified atom stereocenters. The molecule has 0 aliphatic carbocycles. The molecule has 0 saturated carbocycles. The fraction of sp³-hybridized carbons (Fsp3) is 0.176. The third-order valence-corrected chi connectivity index (χ3v) is 4.07. The van der Waals surface area contributed by atoms with Crippen LogP contribution in [0.1, 0.15) is 24.0 Å². The molecule has 22 heavy (non-hydrogen) atoms. The van der Waals surface area contributed by atoms with Crippen LogP contribution in [0.4, 0.5) is 5.13 Å². The van der Waals surface area contributed by atoms with Crippen LogP contribution in [0.5, 0.6) is 0 Å². The van der Waals surface area contributed by atoms with E-state index < -0.39 is 0 Å². The highest BCUT2D eigenvalue weighted by atomic mass is 32.1. The maximum Gasteiger partial charge on any atom is 0.203 e. The summed E-state index contributed by atoms with van der Waals surface area (Å²) in [6, 6.07) is 12.1. The van der Waals surface area contributed by atoms with Gasteiger partial charge in [-0.2, -0.15) is 5.10 Å². The van der Waals surface area contributed by atoms with Crippen molar-refractivity contribution in [2.45, 2.75) is 20.8 Å². The zero-order valence-corrected chi connectivity index (χ0v) is 13.6. The summed E-state index contributed by atoms with van der Waals surface area (Å²) in [5, 5.41) is 7.20. The van der Waals surface area contributed by atoms with Crippen LogP contribution in [0.15, 0.2) is 51.3 Å². The number of benzene rings is 1. The predicted octanol–water partition coefficient (Wildman–Crippen LogP) is 4.86. The van der Waals surface area contributed by atoms with Crippen molar-refractivity contribution in [3.8, 4) is 11.3 Å². The minimum Gasteiger partial charge on any atom is -0.466 e. The van der Waals surface area contributed by atoms with Gasteiger partial charge in [0, 0.05) is 16.5 Å². The largest absolute Gasteiger partial charge is 0.466 e. The lowest BCUT2D eigenvalue weighted by atomic mass is 10.2. The zero-order valence-electron chi connectivity index (χ0n) is 12.8. The molecule has 0 spiro atoms. The standard InChI is InChI=1S/C17H17N3OS/c1-11-9-15(13(3)21-11)12(2)19-20-17-18-16(10-22-17)14-7-5-4-6-8-14/h4-10H,1-3H3,(H,18,20)/b19-12-. The van der Waals surface area contributed by atoms with Gasteiger partial charge < -0.3 is 4.42 Å². The van der Waals surface area contributed by atoms with E-state index in [9.17, 15) is 0 Å². The van der Waals surface area contributed by atoms with E-state index in [4.69, 9.17) is 4.42 Å². The number of aromatic nitrogens is 1. The smallest absolute Gasteiger partial charge is 0.203 e. The van der Waals surface area contributed by atoms with Crippen molar-refractivity contribution in [2.24, 2.45) is 5.10 Å². The second-order valence-electron chi connectivity index (χ2n) is 5.04. The first-order valence-electron chi connectivity index (χ1n) is 7.02. The monoisotopic (exact) mass is 311 g/mol. The van der Waals surface area contributed by atoms with Crippen molar-refractivity contribution in [1.29, 1.82) is 0 Å². The van der Waals surface area contributed by atoms with Crippen LogP contribution in [0, 0.1) is 13.8 Å². The summed E-state index contributed by atoms with van der Waals surface area (Å²) in [5.41, 5.74) is 6.98. The average Bonchev–Trinajstić information content (AvgIpc) is 3.12. The molecule has 0 fully saturated rings. The second kappa shape index (κ2) is 6.15. The number of nitrogens with one attached hydrogen (secondary N) is 1. The third kappa shape index (κ3) is 3.09. The predicted molar refractivity (Wildman–Crippen MR) is 91.6 cm³/mol. The Labute approximate surface area is 133 Å². The molecule has 0 radical (unpaired) electrons. The van der Waals surface area contributed by atoms with Gasteiger partial charge in [0.15, 0.2) is 0 Å². The minimum absolute atomic E-state index is 0.774. The third-order valence-electron chi connectivity index (χ3n) is 3.32. The lowest BCUT2D eigenvalue weighted by molar-refractivity contribution is 0.504. The fourth-order valence-electron chi connectivity index (χ4n) is 2.25. The molecule has 0 bridgehead atoms. The Bertz CT molecular complexity index is 802. The molecule has 5 heteroatoms. The first-order chi connectivity index (χ1) is 10.6. The molecule has 4 nitrogen and oxygen atoms in total. The van der Waals surface area contributed by atoms with E-state index in [1.165, 1.54) is 11.3 Å². The van der Waals surface area contributed by atoms with Crippen LogP contribution in [0.3, 0.4) is 0 Å². The van der Waals surface area contributed by atoms with Crippen molar-refractivity contribution in [3.05, 3.63) is 58.9 Å². The van der Waals surface area contributed by atoms with Crippen LogP contribution >= 0.6 is 11.3 Å². The molecule has 1 N–H and O–H groups in total. The lowest BCUT2D eigenvalue weighted by Crippen LogP contribution is -1.99. The Balaban J connectivity index is 1.76. The molecule has 2 heterocycles. The van der Waals surface area contributed by atoms with Gasteiger partial charge in [0.1, 0.15) is 11.5 Å². The number of thiazole rings is 1. The topological polar surface area (TPSA) is 50.4 Å². The molecular weight excluding hydrogens is 294 g/mol. The highest BCUT2D eigenvalue weighted by molar-refractivity contribution is 7.14. The molecule has 0 atom stereocenters. The van der Waals surface area contributed by atoms with Crippen molar-refractivity contribution in [1.82, 2.24) is 4.98 Å². The van der Waals surface area contributed by atoms with Gasteiger partial charge in [-0.15, -0.1) is 11.3 Å². The van der Waals surface area contributed by atoms with E-state index in [0.29, 0.717) is 0 Å². The van der Waals surface area contributed by atoms with Crippen molar-refractivity contribution in [3.63, 3.8) is 0 Å². The highest BCUT2D eigenvalue weighted by Gasteiger charge is 2.08. The molecule has 112 valence electrons. The molecule has 1 aromatic carbocycles. The highest BCUT2D eigenvalue weighted by Crippen LogP contribution is 2.24. The Morgan fingerprint density at radius 1 is 1.23 bits per heavy atom. The summed E-state index contributed by atoms with van der Waals surface area (Å²) >= 11 is 1.54. The van der Waals surface area contributed by atoms with Gasteiger partial charge >= 0.3 is 0 Å². The molecule has 2 aromatic heterocycles. The number of nitrogens with zero attached hydrogens (tertiary/aromatic N) is 2. The van der Waals surface area contributed by atoms with E-state index in [-0.39, 0.29) is 0 Å². The van der Waals surface area contributed by atoms with E-state index in [1.807, 2.05) is 62.5 Å². The van der Waals surface area contributed by atoms with Crippen LogP contribution in [-0.2, 0) is 0 Å². The summed E-state index contributed by atoms with van der Waals surface area (Å²) in [7, 11) is 0. The van der Waals surface area contributed by atoms with Gasteiger partial charge in [-0.05, 0) is 26.8 Å². The van der Waals surface area contributed by atoms with Crippen LogP contribution < -0.4 is 5.43 Å². The summed E-state index contributed by atoms with van der Waals surface area (Å²) in [5.74, 6) is 1.77. The van der Waals surface area contributed by atoms with Crippen molar-refractivity contribution < 1.29 is 4.42 Å².